The number of carbonyl (C=O) groups excluding carboxylic acids is 1. The first-order valence-corrected chi connectivity index (χ1v) is 5.18. The quantitative estimate of drug-likeness (QED) is 0.812. The van der Waals surface area contributed by atoms with Gasteiger partial charge in [-0.25, -0.2) is 9.18 Å². The normalized spacial score (nSPS) is 20.0. The Morgan fingerprint density at radius 1 is 1.62 bits per heavy atom. The molecule has 1 aliphatic heterocycles. The summed E-state index contributed by atoms with van der Waals surface area (Å²) in [5, 5.41) is 9.02. The number of benzene rings is 1. The van der Waals surface area contributed by atoms with Gasteiger partial charge in [0.15, 0.2) is 11.6 Å². The molecule has 16 heavy (non-hydrogen) atoms. The van der Waals surface area contributed by atoms with E-state index in [0.29, 0.717) is 5.69 Å². The van der Waals surface area contributed by atoms with E-state index in [2.05, 4.69) is 0 Å². The van der Waals surface area contributed by atoms with E-state index in [9.17, 15) is 9.18 Å². The van der Waals surface area contributed by atoms with Gasteiger partial charge in [0, 0.05) is 6.07 Å². The smallest absolute Gasteiger partial charge is 0.414 e. The Labute approximate surface area is 96.2 Å². The number of phenolic OH excluding ortho intramolecular Hbond substituents is 1. The second kappa shape index (κ2) is 4.17. The van der Waals surface area contributed by atoms with Gasteiger partial charge in [-0.2, -0.15) is 0 Å². The van der Waals surface area contributed by atoms with Crippen LogP contribution in [0.3, 0.4) is 0 Å². The molecule has 1 heterocycles. The molecule has 1 aromatic rings. The summed E-state index contributed by atoms with van der Waals surface area (Å²) in [6.07, 6.45) is -0.943. The summed E-state index contributed by atoms with van der Waals surface area (Å²) < 4.78 is 18.0. The van der Waals surface area contributed by atoms with Gasteiger partial charge < -0.3 is 9.84 Å². The number of carbonyl (C=O) groups is 1. The summed E-state index contributed by atoms with van der Waals surface area (Å²) in [6, 6.07) is 3.70. The lowest BCUT2D eigenvalue weighted by Crippen LogP contribution is -2.24. The molecule has 1 amide bonds. The molecular formula is C10H9ClFNO3. The highest BCUT2D eigenvalue weighted by atomic mass is 35.5. The van der Waals surface area contributed by atoms with Crippen molar-refractivity contribution in [3.63, 3.8) is 0 Å². The van der Waals surface area contributed by atoms with Gasteiger partial charge in [-0.1, -0.05) is 0 Å². The minimum absolute atomic E-state index is 0.197. The molecule has 6 heteroatoms. The molecule has 4 nitrogen and oxygen atoms in total. The molecule has 1 atom stereocenters. The van der Waals surface area contributed by atoms with Gasteiger partial charge in [0.25, 0.3) is 0 Å². The van der Waals surface area contributed by atoms with Crippen molar-refractivity contribution in [3.8, 4) is 5.75 Å². The number of hydrogen-bond donors (Lipinski definition) is 1. The maximum absolute atomic E-state index is 13.1. The molecule has 0 saturated carbocycles. The second-order valence-electron chi connectivity index (χ2n) is 3.41. The highest BCUT2D eigenvalue weighted by Crippen LogP contribution is 2.26. The summed E-state index contributed by atoms with van der Waals surface area (Å²) in [7, 11) is 0. The zero-order chi connectivity index (χ0) is 11.7. The van der Waals surface area contributed by atoms with Gasteiger partial charge in [-0.15, -0.1) is 11.6 Å². The van der Waals surface area contributed by atoms with E-state index >= 15 is 0 Å². The Hall–Kier alpha value is -1.49. The molecule has 1 aliphatic rings. The molecule has 1 aromatic carbocycles. The maximum Gasteiger partial charge on any atom is 0.414 e. The summed E-state index contributed by atoms with van der Waals surface area (Å²) in [5.74, 6) is -1.03. The van der Waals surface area contributed by atoms with Crippen molar-refractivity contribution >= 4 is 23.4 Å². The molecule has 0 aromatic heterocycles. The number of aromatic hydroxyl groups is 1. The van der Waals surface area contributed by atoms with Crippen LogP contribution in [0.4, 0.5) is 14.9 Å². The number of phenols is 1. The summed E-state index contributed by atoms with van der Waals surface area (Å²) in [5.41, 5.74) is 0.341. The number of rotatable bonds is 2. The number of anilines is 1. The van der Waals surface area contributed by atoms with Gasteiger partial charge in [-0.3, -0.25) is 4.90 Å². The van der Waals surface area contributed by atoms with Gasteiger partial charge in [0.2, 0.25) is 0 Å². The highest BCUT2D eigenvalue weighted by molar-refractivity contribution is 6.18. The Kier molecular flexibility index (Phi) is 2.87. The van der Waals surface area contributed by atoms with Crippen LogP contribution >= 0.6 is 11.6 Å². The largest absolute Gasteiger partial charge is 0.505 e. The van der Waals surface area contributed by atoms with Gasteiger partial charge in [0.05, 0.1) is 18.1 Å². The Morgan fingerprint density at radius 2 is 2.38 bits per heavy atom. The van der Waals surface area contributed by atoms with E-state index in [-0.39, 0.29) is 18.5 Å². The SMILES string of the molecule is O=C1O[C@@H](CCl)CN1c1ccc(O)c(F)c1. The number of ether oxygens (including phenoxy) is 1. The van der Waals surface area contributed by atoms with Crippen molar-refractivity contribution in [3.05, 3.63) is 24.0 Å². The third-order valence-electron chi connectivity index (χ3n) is 2.29. The first-order valence-electron chi connectivity index (χ1n) is 4.64. The van der Waals surface area contributed by atoms with E-state index in [0.717, 1.165) is 6.07 Å². The molecular weight excluding hydrogens is 237 g/mol. The number of nitrogens with zero attached hydrogens (tertiary/aromatic N) is 1. The van der Waals surface area contributed by atoms with Crippen LogP contribution < -0.4 is 4.90 Å². The molecule has 0 bridgehead atoms. The van der Waals surface area contributed by atoms with Crippen LogP contribution in [0.1, 0.15) is 0 Å². The topological polar surface area (TPSA) is 49.8 Å². The summed E-state index contributed by atoms with van der Waals surface area (Å²) in [4.78, 5) is 12.7. The fraction of sp³-hybridized carbons (Fsp3) is 0.300. The van der Waals surface area contributed by atoms with E-state index < -0.39 is 17.7 Å². The van der Waals surface area contributed by atoms with Crippen LogP contribution in [0.15, 0.2) is 18.2 Å². The minimum atomic E-state index is -0.778. The molecule has 0 radical (unpaired) electrons. The minimum Gasteiger partial charge on any atom is -0.505 e. The Balaban J connectivity index is 2.24. The molecule has 1 N–H and O–H groups in total. The Bertz CT molecular complexity index is 427. The zero-order valence-corrected chi connectivity index (χ0v) is 8.95. The van der Waals surface area contributed by atoms with E-state index in [1.165, 1.54) is 17.0 Å². The van der Waals surface area contributed by atoms with Gasteiger partial charge >= 0.3 is 6.09 Å². The first kappa shape index (κ1) is 11.0. The van der Waals surface area contributed by atoms with Gasteiger partial charge in [-0.05, 0) is 12.1 Å². The predicted octanol–water partition coefficient (Wildman–Crippen LogP) is 2.10. The number of hydrogen-bond acceptors (Lipinski definition) is 3. The van der Waals surface area contributed by atoms with Crippen LogP contribution in [0.5, 0.6) is 5.75 Å². The van der Waals surface area contributed by atoms with E-state index in [4.69, 9.17) is 21.4 Å². The highest BCUT2D eigenvalue weighted by Gasteiger charge is 2.31. The molecule has 1 saturated heterocycles. The molecule has 2 rings (SSSR count). The summed E-state index contributed by atoms with van der Waals surface area (Å²) in [6.45, 7) is 0.284. The molecule has 0 spiro atoms. The van der Waals surface area contributed by atoms with Crippen molar-refractivity contribution in [2.24, 2.45) is 0 Å². The number of amides is 1. The summed E-state index contributed by atoms with van der Waals surface area (Å²) >= 11 is 5.56. The predicted molar refractivity (Wildman–Crippen MR) is 56.4 cm³/mol. The van der Waals surface area contributed by atoms with E-state index in [1.54, 1.807) is 0 Å². The molecule has 86 valence electrons. The van der Waals surface area contributed by atoms with Crippen LogP contribution in [-0.2, 0) is 4.74 Å². The van der Waals surface area contributed by atoms with Crippen LogP contribution in [0, 0.1) is 5.82 Å². The molecule has 0 unspecified atom stereocenters. The monoisotopic (exact) mass is 245 g/mol. The van der Waals surface area contributed by atoms with Gasteiger partial charge in [0.1, 0.15) is 6.10 Å². The standard InChI is InChI=1S/C10H9ClFNO3/c11-4-7-5-13(10(15)16-7)6-1-2-9(14)8(12)3-6/h1-3,7,14H,4-5H2/t7-/m0/s1. The molecule has 0 aliphatic carbocycles. The number of cyclic esters (lactones) is 1. The lowest BCUT2D eigenvalue weighted by molar-refractivity contribution is 0.151. The average Bonchev–Trinajstić information content (AvgIpc) is 2.64. The fourth-order valence-electron chi connectivity index (χ4n) is 1.48. The third-order valence-corrected chi connectivity index (χ3v) is 2.63. The van der Waals surface area contributed by atoms with E-state index in [1.807, 2.05) is 0 Å². The lowest BCUT2D eigenvalue weighted by atomic mass is 10.2. The zero-order valence-electron chi connectivity index (χ0n) is 8.19. The van der Waals surface area contributed by atoms with Crippen LogP contribution in [0.2, 0.25) is 0 Å². The second-order valence-corrected chi connectivity index (χ2v) is 3.71. The third kappa shape index (κ3) is 1.90. The fourth-order valence-corrected chi connectivity index (χ4v) is 1.64. The average molecular weight is 246 g/mol. The van der Waals surface area contributed by atoms with Crippen LogP contribution in [0.25, 0.3) is 0 Å². The van der Waals surface area contributed by atoms with Crippen molar-refractivity contribution in [1.82, 2.24) is 0 Å². The molecule has 1 fully saturated rings. The number of halogens is 2. The first-order chi connectivity index (χ1) is 7.61. The van der Waals surface area contributed by atoms with Crippen molar-refractivity contribution in [1.29, 1.82) is 0 Å². The van der Waals surface area contributed by atoms with Crippen molar-refractivity contribution < 1.29 is 19.0 Å². The number of alkyl halides is 1. The van der Waals surface area contributed by atoms with Crippen molar-refractivity contribution in [2.45, 2.75) is 6.10 Å². The maximum atomic E-state index is 13.1. The van der Waals surface area contributed by atoms with Crippen molar-refractivity contribution in [2.75, 3.05) is 17.3 Å². The van der Waals surface area contributed by atoms with Crippen LogP contribution in [-0.4, -0.2) is 29.7 Å². The lowest BCUT2D eigenvalue weighted by Gasteiger charge is -2.12. The Morgan fingerprint density at radius 3 is 2.94 bits per heavy atom.